The lowest BCUT2D eigenvalue weighted by Crippen LogP contribution is -2.62. The van der Waals surface area contributed by atoms with Crippen LogP contribution in [-0.2, 0) is 36.6 Å². The fraction of sp³-hybridized carbons (Fsp3) is 0.296. The molecule has 0 radical (unpaired) electrons. The summed E-state index contributed by atoms with van der Waals surface area (Å²) < 4.78 is 25.2. The molecule has 5 heterocycles. The molecule has 0 bridgehead atoms. The van der Waals surface area contributed by atoms with E-state index in [-0.39, 0.29) is 0 Å². The van der Waals surface area contributed by atoms with Gasteiger partial charge in [-0.3, -0.25) is 0 Å². The van der Waals surface area contributed by atoms with Gasteiger partial charge in [-0.15, -0.1) is 0 Å². The summed E-state index contributed by atoms with van der Waals surface area (Å²) in [6.45, 7) is 7.48. The van der Waals surface area contributed by atoms with E-state index in [1.165, 1.54) is 18.3 Å². The molecule has 0 spiro atoms. The van der Waals surface area contributed by atoms with Gasteiger partial charge in [-0.2, -0.15) is 0 Å². The number of nitrogens with zero attached hydrogens (tertiary/aromatic N) is 4. The Hall–Kier alpha value is -1.83. The Bertz CT molecular complexity index is 1400. The summed E-state index contributed by atoms with van der Waals surface area (Å²) in [5.41, 5.74) is 9.34. The van der Waals surface area contributed by atoms with E-state index in [1.54, 1.807) is 0 Å². The minimum absolute atomic E-state index is 0.434. The summed E-state index contributed by atoms with van der Waals surface area (Å²) in [7, 11) is 4.05. The number of hydrogen-bond acceptors (Lipinski definition) is 2. The molecular formula is C27H31BI2N4O2+2. The smallest absolute Gasteiger partial charge is 0.480 e. The van der Waals surface area contributed by atoms with Crippen molar-refractivity contribution in [3.63, 3.8) is 0 Å². The van der Waals surface area contributed by atoms with Crippen molar-refractivity contribution in [1.82, 2.24) is 4.48 Å². The molecule has 6 nitrogen and oxygen atoms in total. The quantitative estimate of drug-likeness (QED) is 0.213. The average molecular weight is 708 g/mol. The maximum Gasteiger partial charge on any atom is 0.666 e. The average Bonchev–Trinajstić information content (AvgIpc) is 3.23. The number of rotatable bonds is 6. The van der Waals surface area contributed by atoms with Crippen LogP contribution in [0.1, 0.15) is 41.9 Å². The van der Waals surface area contributed by atoms with Gasteiger partial charge in [0.15, 0.2) is 30.5 Å². The number of aryl methyl sites for hydroxylation is 2. The molecule has 2 aliphatic heterocycles. The topological polar surface area (TPSA) is 34.2 Å². The molecule has 0 amide bonds. The standard InChI is InChI=1S/C27H31BI2N4O2/c1-18-24-15-25-19(2)27(30)21(4)34(25)28(33(24)20(3)26(18)29,35-16-22-7-11-31(5)12-8-22)36-17-23-9-13-32(6)14-10-23/h7-15H,16-17H2,1-6H3/q+2. The van der Waals surface area contributed by atoms with E-state index in [1.807, 2.05) is 23.2 Å². The van der Waals surface area contributed by atoms with Crippen molar-refractivity contribution in [2.24, 2.45) is 14.1 Å². The summed E-state index contributed by atoms with van der Waals surface area (Å²) in [4.78, 5) is 0. The van der Waals surface area contributed by atoms with Crippen molar-refractivity contribution in [2.75, 3.05) is 0 Å². The summed E-state index contributed by atoms with van der Waals surface area (Å²) in [5, 5.41) is 0. The highest BCUT2D eigenvalue weighted by molar-refractivity contribution is 14.1. The zero-order chi connectivity index (χ0) is 25.8. The Kier molecular flexibility index (Phi) is 7.03. The fourth-order valence-electron chi connectivity index (χ4n) is 5.16. The second kappa shape index (κ2) is 9.81. The van der Waals surface area contributed by atoms with E-state index in [4.69, 9.17) is 9.31 Å². The fourth-order valence-corrected chi connectivity index (χ4v) is 6.23. The summed E-state index contributed by atoms with van der Waals surface area (Å²) in [6.07, 6.45) is 10.5. The maximum atomic E-state index is 7.02. The van der Waals surface area contributed by atoms with E-state index < -0.39 is 6.82 Å². The van der Waals surface area contributed by atoms with Gasteiger partial charge >= 0.3 is 6.82 Å². The normalized spacial score (nSPS) is 16.4. The van der Waals surface area contributed by atoms with Crippen molar-refractivity contribution < 1.29 is 22.9 Å². The highest BCUT2D eigenvalue weighted by Gasteiger charge is 2.56. The van der Waals surface area contributed by atoms with Crippen LogP contribution in [0, 0.1) is 17.4 Å². The number of pyridine rings is 2. The van der Waals surface area contributed by atoms with Gasteiger partial charge in [0, 0.05) is 65.3 Å². The van der Waals surface area contributed by atoms with Crippen LogP contribution in [0.4, 0.5) is 0 Å². The molecule has 2 aliphatic rings. The molecule has 0 aromatic carbocycles. The first-order valence-corrected chi connectivity index (χ1v) is 14.2. The monoisotopic (exact) mass is 708 g/mol. The molecule has 0 fully saturated rings. The molecule has 3 aromatic heterocycles. The van der Waals surface area contributed by atoms with Gasteiger partial charge in [0.05, 0.1) is 3.58 Å². The number of aromatic nitrogens is 3. The van der Waals surface area contributed by atoms with Gasteiger partial charge in [0.2, 0.25) is 0 Å². The number of allylic oxidation sites excluding steroid dienone is 2. The van der Waals surface area contributed by atoms with E-state index in [0.29, 0.717) is 13.2 Å². The van der Waals surface area contributed by atoms with Crippen LogP contribution >= 0.6 is 45.2 Å². The molecule has 0 unspecified atom stereocenters. The molecule has 9 heteroatoms. The lowest BCUT2D eigenvalue weighted by molar-refractivity contribution is -0.671. The Morgan fingerprint density at radius 3 is 1.83 bits per heavy atom. The third-order valence-electron chi connectivity index (χ3n) is 7.26. The first-order chi connectivity index (χ1) is 17.1. The summed E-state index contributed by atoms with van der Waals surface area (Å²) in [6, 6.07) is 8.42. The summed E-state index contributed by atoms with van der Waals surface area (Å²) >= 11 is 4.91. The van der Waals surface area contributed by atoms with E-state index in [0.717, 1.165) is 33.9 Å². The molecule has 186 valence electrons. The minimum Gasteiger partial charge on any atom is -0.480 e. The van der Waals surface area contributed by atoms with Crippen molar-refractivity contribution in [3.05, 3.63) is 95.6 Å². The van der Waals surface area contributed by atoms with Crippen LogP contribution in [0.15, 0.2) is 63.9 Å². The zero-order valence-corrected chi connectivity index (χ0v) is 25.9. The second-order valence-electron chi connectivity index (χ2n) is 9.70. The predicted molar refractivity (Wildman–Crippen MR) is 158 cm³/mol. The lowest BCUT2D eigenvalue weighted by atomic mass is 9.81. The third kappa shape index (κ3) is 4.21. The van der Waals surface area contributed by atoms with Crippen LogP contribution in [0.5, 0.6) is 0 Å². The van der Waals surface area contributed by atoms with E-state index >= 15 is 0 Å². The zero-order valence-electron chi connectivity index (χ0n) is 21.5. The highest BCUT2D eigenvalue weighted by Crippen LogP contribution is 2.42. The van der Waals surface area contributed by atoms with Crippen molar-refractivity contribution in [3.8, 4) is 0 Å². The van der Waals surface area contributed by atoms with Crippen LogP contribution in [0.2, 0.25) is 0 Å². The Morgan fingerprint density at radius 1 is 0.833 bits per heavy atom. The van der Waals surface area contributed by atoms with Gasteiger partial charge < -0.3 is 18.3 Å². The molecule has 36 heavy (non-hydrogen) atoms. The van der Waals surface area contributed by atoms with Crippen LogP contribution in [-0.4, -0.2) is 21.5 Å². The van der Waals surface area contributed by atoms with E-state index in [9.17, 15) is 0 Å². The van der Waals surface area contributed by atoms with Gasteiger partial charge in [0.1, 0.15) is 19.8 Å². The number of halogens is 2. The molecule has 0 atom stereocenters. The second-order valence-corrected chi connectivity index (χ2v) is 11.9. The predicted octanol–water partition coefficient (Wildman–Crippen LogP) is 4.63. The van der Waals surface area contributed by atoms with Crippen LogP contribution < -0.4 is 9.13 Å². The molecule has 0 N–H and O–H groups in total. The number of hydrogen-bond donors (Lipinski definition) is 0. The molecule has 0 saturated carbocycles. The van der Waals surface area contributed by atoms with Crippen LogP contribution in [0.3, 0.4) is 0 Å². The lowest BCUT2D eigenvalue weighted by Gasteiger charge is -2.42. The molecule has 3 aromatic rings. The first-order valence-electron chi connectivity index (χ1n) is 12.0. The van der Waals surface area contributed by atoms with Crippen molar-refractivity contribution in [2.45, 2.75) is 40.9 Å². The maximum absolute atomic E-state index is 7.02. The molecule has 0 saturated heterocycles. The largest absolute Gasteiger partial charge is 0.666 e. The first kappa shape index (κ1) is 25.8. The van der Waals surface area contributed by atoms with Gasteiger partial charge in [-0.05, 0) is 88.3 Å². The van der Waals surface area contributed by atoms with Crippen molar-refractivity contribution >= 4 is 63.8 Å². The van der Waals surface area contributed by atoms with Gasteiger partial charge in [-0.1, -0.05) is 0 Å². The Morgan fingerprint density at radius 2 is 1.33 bits per heavy atom. The SMILES string of the molecule is CC1=C(I)C(C)=[N+]2C1=Cc1c(C)c(I)c(C)n1[B-]2(OCc1cc[n+](C)cc1)OCc1cc[n+](C)cc1. The number of fused-ring (bicyclic) bond motifs is 2. The molecule has 5 rings (SSSR count). The third-order valence-corrected chi connectivity index (χ3v) is 10.4. The van der Waals surface area contributed by atoms with Gasteiger partial charge in [-0.25, -0.2) is 9.13 Å². The van der Waals surface area contributed by atoms with Crippen molar-refractivity contribution in [1.29, 1.82) is 0 Å². The van der Waals surface area contributed by atoms with E-state index in [2.05, 4.69) is 137 Å². The minimum atomic E-state index is -2.11. The molecule has 0 aliphatic carbocycles. The Labute approximate surface area is 240 Å². The highest BCUT2D eigenvalue weighted by atomic mass is 127. The Balaban J connectivity index is 1.69. The summed E-state index contributed by atoms with van der Waals surface area (Å²) in [5.74, 6) is 0. The molecular weight excluding hydrogens is 677 g/mol. The van der Waals surface area contributed by atoms with Gasteiger partial charge in [0.25, 0.3) is 0 Å². The van der Waals surface area contributed by atoms with Crippen LogP contribution in [0.25, 0.3) is 6.08 Å².